The van der Waals surface area contributed by atoms with Crippen molar-refractivity contribution in [2.45, 2.75) is 37.6 Å². The minimum atomic E-state index is -0.165. The first kappa shape index (κ1) is 15.9. The van der Waals surface area contributed by atoms with Gasteiger partial charge in [0.05, 0.1) is 18.8 Å². The topological polar surface area (TPSA) is 89.3 Å². The number of hydrogen-bond donors (Lipinski definition) is 2. The Labute approximate surface area is 146 Å². The van der Waals surface area contributed by atoms with Crippen molar-refractivity contribution < 1.29 is 14.6 Å². The van der Waals surface area contributed by atoms with Crippen LogP contribution in [0, 0.1) is 5.92 Å². The molecule has 7 nitrogen and oxygen atoms in total. The highest BCUT2D eigenvalue weighted by molar-refractivity contribution is 5.95. The maximum atomic E-state index is 12.6. The maximum Gasteiger partial charge on any atom is 0.251 e. The Hall–Kier alpha value is -2.57. The lowest BCUT2D eigenvalue weighted by molar-refractivity contribution is 0.0943. The van der Waals surface area contributed by atoms with Gasteiger partial charge in [-0.1, -0.05) is 5.21 Å². The lowest BCUT2D eigenvalue weighted by atomic mass is 10.0. The first-order valence-corrected chi connectivity index (χ1v) is 8.66. The highest BCUT2D eigenvalue weighted by Crippen LogP contribution is 2.42. The van der Waals surface area contributed by atoms with E-state index in [9.17, 15) is 9.90 Å². The number of carbonyl (C=O) groups excluding carboxylic acids is 1. The Balaban J connectivity index is 1.49. The highest BCUT2D eigenvalue weighted by Gasteiger charge is 2.45. The molecule has 132 valence electrons. The average molecular weight is 342 g/mol. The second kappa shape index (κ2) is 6.06. The molecule has 1 aromatic carbocycles. The molecule has 1 amide bonds. The summed E-state index contributed by atoms with van der Waals surface area (Å²) in [6.45, 7) is 0.510. The molecule has 0 atom stereocenters. The Morgan fingerprint density at radius 2 is 2.24 bits per heavy atom. The molecule has 4 rings (SSSR count). The van der Waals surface area contributed by atoms with Crippen molar-refractivity contribution in [1.29, 1.82) is 0 Å². The van der Waals surface area contributed by atoms with E-state index in [0.29, 0.717) is 23.8 Å². The average Bonchev–Trinajstić information content (AvgIpc) is 3.54. The molecule has 0 aliphatic heterocycles. The number of aromatic hydroxyl groups is 1. The zero-order chi connectivity index (χ0) is 17.4. The number of methoxy groups -OCH3 is 1. The number of ether oxygens (including phenoxy) is 1. The van der Waals surface area contributed by atoms with E-state index in [1.165, 1.54) is 20.0 Å². The van der Waals surface area contributed by atoms with Crippen molar-refractivity contribution in [2.75, 3.05) is 13.7 Å². The molecule has 2 saturated carbocycles. The van der Waals surface area contributed by atoms with Crippen LogP contribution in [0.1, 0.15) is 41.6 Å². The van der Waals surface area contributed by atoms with Crippen molar-refractivity contribution in [3.63, 3.8) is 0 Å². The molecular formula is C18H22N4O3. The predicted octanol–water partition coefficient (Wildman–Crippen LogP) is 1.86. The van der Waals surface area contributed by atoms with Gasteiger partial charge in [0.1, 0.15) is 0 Å². The van der Waals surface area contributed by atoms with E-state index in [1.807, 2.05) is 10.9 Å². The van der Waals surface area contributed by atoms with Crippen molar-refractivity contribution in [2.24, 2.45) is 5.92 Å². The summed E-state index contributed by atoms with van der Waals surface area (Å²) in [6, 6.07) is 3.37. The van der Waals surface area contributed by atoms with Crippen LogP contribution >= 0.6 is 0 Å². The summed E-state index contributed by atoms with van der Waals surface area (Å²) in [5.74, 6) is 0.936. The van der Waals surface area contributed by atoms with E-state index >= 15 is 0 Å². The number of rotatable bonds is 7. The van der Waals surface area contributed by atoms with E-state index in [-0.39, 0.29) is 17.2 Å². The Kier molecular flexibility index (Phi) is 3.86. The second-order valence-corrected chi connectivity index (χ2v) is 7.09. The van der Waals surface area contributed by atoms with E-state index in [2.05, 4.69) is 15.6 Å². The number of phenols is 1. The Morgan fingerprint density at radius 1 is 1.44 bits per heavy atom. The summed E-state index contributed by atoms with van der Waals surface area (Å²) in [6.07, 6.45) is 8.57. The molecule has 2 fully saturated rings. The largest absolute Gasteiger partial charge is 0.504 e. The van der Waals surface area contributed by atoms with Gasteiger partial charge in [0.15, 0.2) is 11.5 Å². The van der Waals surface area contributed by atoms with Crippen LogP contribution in [0.2, 0.25) is 0 Å². The molecular weight excluding hydrogens is 320 g/mol. The third-order valence-corrected chi connectivity index (χ3v) is 5.16. The standard InChI is InChI=1S/C18H22N4O3/c1-25-15-10-14(9-13(16(15)23)8-12-2-3-12)17(24)19-11-18(4-5-18)22-7-6-20-21-22/h6-7,9-10,12,23H,2-5,8,11H2,1H3,(H,19,24). The molecule has 25 heavy (non-hydrogen) atoms. The number of nitrogens with zero attached hydrogens (tertiary/aromatic N) is 3. The van der Waals surface area contributed by atoms with Crippen molar-refractivity contribution in [3.8, 4) is 11.5 Å². The number of carbonyl (C=O) groups is 1. The number of hydrogen-bond acceptors (Lipinski definition) is 5. The second-order valence-electron chi connectivity index (χ2n) is 7.09. The zero-order valence-electron chi connectivity index (χ0n) is 14.2. The van der Waals surface area contributed by atoms with Gasteiger partial charge in [0.25, 0.3) is 5.91 Å². The zero-order valence-corrected chi connectivity index (χ0v) is 14.2. The molecule has 0 unspecified atom stereocenters. The molecule has 0 bridgehead atoms. The van der Waals surface area contributed by atoms with Crippen molar-refractivity contribution in [1.82, 2.24) is 20.3 Å². The minimum absolute atomic E-state index is 0.146. The van der Waals surface area contributed by atoms with Crippen LogP contribution in [-0.2, 0) is 12.0 Å². The Bertz CT molecular complexity index is 780. The summed E-state index contributed by atoms with van der Waals surface area (Å²) in [7, 11) is 1.50. The highest BCUT2D eigenvalue weighted by atomic mass is 16.5. The van der Waals surface area contributed by atoms with Crippen molar-refractivity contribution in [3.05, 3.63) is 35.7 Å². The SMILES string of the molecule is COc1cc(C(=O)NCC2(n3ccnn3)CC2)cc(CC2CC2)c1O. The molecule has 0 saturated heterocycles. The van der Waals surface area contributed by atoms with Gasteiger partial charge in [0, 0.05) is 18.3 Å². The van der Waals surface area contributed by atoms with Gasteiger partial charge in [-0.25, -0.2) is 4.68 Å². The van der Waals surface area contributed by atoms with Crippen molar-refractivity contribution >= 4 is 5.91 Å². The number of benzene rings is 1. The van der Waals surface area contributed by atoms with Gasteiger partial charge < -0.3 is 15.2 Å². The Morgan fingerprint density at radius 3 is 2.84 bits per heavy atom. The first-order valence-electron chi connectivity index (χ1n) is 8.66. The number of amides is 1. The van der Waals surface area contributed by atoms with Crippen LogP contribution in [0.5, 0.6) is 11.5 Å². The van der Waals surface area contributed by atoms with E-state index in [0.717, 1.165) is 24.8 Å². The van der Waals surface area contributed by atoms with Gasteiger partial charge in [-0.15, -0.1) is 5.10 Å². The van der Waals surface area contributed by atoms with Crippen LogP contribution in [-0.4, -0.2) is 39.7 Å². The summed E-state index contributed by atoms with van der Waals surface area (Å²) < 4.78 is 7.07. The summed E-state index contributed by atoms with van der Waals surface area (Å²) >= 11 is 0. The van der Waals surface area contributed by atoms with Crippen LogP contribution < -0.4 is 10.1 Å². The van der Waals surface area contributed by atoms with E-state index in [4.69, 9.17) is 4.74 Å². The molecule has 1 heterocycles. The third kappa shape index (κ3) is 3.18. The number of nitrogens with one attached hydrogen (secondary N) is 1. The quantitative estimate of drug-likeness (QED) is 0.802. The molecule has 2 aliphatic rings. The van der Waals surface area contributed by atoms with Gasteiger partial charge in [-0.3, -0.25) is 4.79 Å². The summed E-state index contributed by atoms with van der Waals surface area (Å²) in [5.41, 5.74) is 1.15. The first-order chi connectivity index (χ1) is 12.1. The molecule has 0 radical (unpaired) electrons. The molecule has 2 aromatic rings. The smallest absolute Gasteiger partial charge is 0.251 e. The predicted molar refractivity (Wildman–Crippen MR) is 90.7 cm³/mol. The molecule has 2 aliphatic carbocycles. The van der Waals surface area contributed by atoms with Gasteiger partial charge in [-0.05, 0) is 55.7 Å². The summed E-state index contributed by atoms with van der Waals surface area (Å²) in [4.78, 5) is 12.6. The van der Waals surface area contributed by atoms with Gasteiger partial charge >= 0.3 is 0 Å². The maximum absolute atomic E-state index is 12.6. The van der Waals surface area contributed by atoms with Crippen LogP contribution in [0.4, 0.5) is 0 Å². The van der Waals surface area contributed by atoms with E-state index in [1.54, 1.807) is 18.3 Å². The lowest BCUT2D eigenvalue weighted by Crippen LogP contribution is -2.36. The van der Waals surface area contributed by atoms with Crippen LogP contribution in [0.15, 0.2) is 24.5 Å². The number of aromatic nitrogens is 3. The van der Waals surface area contributed by atoms with Crippen LogP contribution in [0.25, 0.3) is 0 Å². The molecule has 0 spiro atoms. The fourth-order valence-corrected chi connectivity index (χ4v) is 3.18. The van der Waals surface area contributed by atoms with Gasteiger partial charge in [0.2, 0.25) is 0 Å². The van der Waals surface area contributed by atoms with Gasteiger partial charge in [-0.2, -0.15) is 0 Å². The monoisotopic (exact) mass is 342 g/mol. The summed E-state index contributed by atoms with van der Waals surface area (Å²) in [5, 5.41) is 21.2. The third-order valence-electron chi connectivity index (χ3n) is 5.16. The molecule has 7 heteroatoms. The van der Waals surface area contributed by atoms with Crippen LogP contribution in [0.3, 0.4) is 0 Å². The normalized spacial score (nSPS) is 18.0. The molecule has 1 aromatic heterocycles. The minimum Gasteiger partial charge on any atom is -0.504 e. The lowest BCUT2D eigenvalue weighted by Gasteiger charge is -2.17. The van der Waals surface area contributed by atoms with E-state index < -0.39 is 0 Å². The fraction of sp³-hybridized carbons (Fsp3) is 0.500. The fourth-order valence-electron chi connectivity index (χ4n) is 3.18. The number of phenolic OH excluding ortho intramolecular Hbond substituents is 1. The molecule has 2 N–H and O–H groups in total.